The molecule has 74 valence electrons. The largest absolute Gasteiger partial charge is 0.349 e. The van der Waals surface area contributed by atoms with Gasteiger partial charge in [-0.1, -0.05) is 6.08 Å². The van der Waals surface area contributed by atoms with Gasteiger partial charge >= 0.3 is 0 Å². The zero-order chi connectivity index (χ0) is 10.4. The third-order valence-corrected chi connectivity index (χ3v) is 1.89. The minimum Gasteiger partial charge on any atom is -0.349 e. The molecule has 14 heavy (non-hydrogen) atoms. The van der Waals surface area contributed by atoms with Crippen molar-refractivity contribution < 1.29 is 4.79 Å². The number of hydrogen-bond acceptors (Lipinski definition) is 2. The molecule has 0 spiro atoms. The zero-order valence-electron chi connectivity index (χ0n) is 8.23. The average Bonchev–Trinajstić information content (AvgIpc) is 2.18. The Hall–Kier alpha value is -1.64. The van der Waals surface area contributed by atoms with E-state index in [0.29, 0.717) is 0 Å². The summed E-state index contributed by atoms with van der Waals surface area (Å²) in [5.74, 6) is -0.0336. The van der Waals surface area contributed by atoms with Crippen molar-refractivity contribution in [3.63, 3.8) is 0 Å². The molecule has 1 aromatic heterocycles. The summed E-state index contributed by atoms with van der Waals surface area (Å²) in [6.07, 6.45) is 5.95. The summed E-state index contributed by atoms with van der Waals surface area (Å²) in [6, 6.07) is 3.79. The molecular formula is C11H14N2O. The van der Waals surface area contributed by atoms with Crippen LogP contribution in [-0.2, 0) is 4.79 Å². The van der Waals surface area contributed by atoms with E-state index in [1.165, 1.54) is 6.92 Å². The summed E-state index contributed by atoms with van der Waals surface area (Å²) in [7, 11) is 0. The first kappa shape index (κ1) is 10.4. The molecule has 0 aliphatic carbocycles. The van der Waals surface area contributed by atoms with E-state index in [1.54, 1.807) is 18.5 Å². The van der Waals surface area contributed by atoms with Gasteiger partial charge in [-0.2, -0.15) is 0 Å². The maximum atomic E-state index is 10.9. The molecular weight excluding hydrogens is 176 g/mol. The molecule has 1 aromatic rings. The number of hydrogen-bond donors (Lipinski definition) is 1. The van der Waals surface area contributed by atoms with Gasteiger partial charge in [0.1, 0.15) is 0 Å². The van der Waals surface area contributed by atoms with Gasteiger partial charge in [0.05, 0.1) is 6.04 Å². The molecule has 0 fully saturated rings. The monoisotopic (exact) mass is 190 g/mol. The zero-order valence-corrected chi connectivity index (χ0v) is 8.23. The normalized spacial score (nSPS) is 11.8. The topological polar surface area (TPSA) is 42.0 Å². The molecule has 0 saturated carbocycles. The molecule has 1 amide bonds. The molecule has 0 radical (unpaired) electrons. The minimum absolute atomic E-state index is 0.00741. The Bertz CT molecular complexity index is 308. The number of nitrogens with one attached hydrogen (secondary N) is 1. The molecule has 3 nitrogen and oxygen atoms in total. The summed E-state index contributed by atoms with van der Waals surface area (Å²) in [5.41, 5.74) is 1.05. The fourth-order valence-electron chi connectivity index (χ4n) is 1.29. The van der Waals surface area contributed by atoms with Crippen molar-refractivity contribution in [2.24, 2.45) is 0 Å². The Morgan fingerprint density at radius 3 is 2.79 bits per heavy atom. The van der Waals surface area contributed by atoms with Crippen LogP contribution in [0.4, 0.5) is 0 Å². The van der Waals surface area contributed by atoms with E-state index in [2.05, 4.69) is 16.9 Å². The highest BCUT2D eigenvalue weighted by atomic mass is 16.1. The highest BCUT2D eigenvalue weighted by Crippen LogP contribution is 2.15. The van der Waals surface area contributed by atoms with Gasteiger partial charge in [0.25, 0.3) is 0 Å². The number of aromatic nitrogens is 1. The van der Waals surface area contributed by atoms with Crippen LogP contribution < -0.4 is 5.32 Å². The highest BCUT2D eigenvalue weighted by molar-refractivity contribution is 5.73. The van der Waals surface area contributed by atoms with Crippen LogP contribution in [0.15, 0.2) is 37.2 Å². The third kappa shape index (κ3) is 3.01. The Balaban J connectivity index is 2.77. The van der Waals surface area contributed by atoms with E-state index in [0.717, 1.165) is 12.0 Å². The highest BCUT2D eigenvalue weighted by Gasteiger charge is 2.09. The minimum atomic E-state index is -0.0336. The summed E-state index contributed by atoms with van der Waals surface area (Å²) in [4.78, 5) is 14.9. The summed E-state index contributed by atoms with van der Waals surface area (Å²) < 4.78 is 0. The first-order chi connectivity index (χ1) is 6.74. The Labute approximate surface area is 83.9 Å². The molecule has 1 atom stereocenters. The van der Waals surface area contributed by atoms with Crippen molar-refractivity contribution >= 4 is 5.91 Å². The second kappa shape index (κ2) is 5.17. The van der Waals surface area contributed by atoms with E-state index in [1.807, 2.05) is 12.1 Å². The lowest BCUT2D eigenvalue weighted by Gasteiger charge is -2.15. The third-order valence-electron chi connectivity index (χ3n) is 1.89. The van der Waals surface area contributed by atoms with Crippen LogP contribution in [0.5, 0.6) is 0 Å². The van der Waals surface area contributed by atoms with Crippen LogP contribution >= 0.6 is 0 Å². The van der Waals surface area contributed by atoms with E-state index >= 15 is 0 Å². The molecule has 3 heteroatoms. The molecule has 0 aliphatic heterocycles. The fourth-order valence-corrected chi connectivity index (χ4v) is 1.29. The van der Waals surface area contributed by atoms with Crippen molar-refractivity contribution in [1.82, 2.24) is 10.3 Å². The summed E-state index contributed by atoms with van der Waals surface area (Å²) in [5, 5.41) is 2.86. The molecule has 1 N–H and O–H groups in total. The average molecular weight is 190 g/mol. The molecule has 1 heterocycles. The van der Waals surface area contributed by atoms with Crippen molar-refractivity contribution in [3.05, 3.63) is 42.7 Å². The van der Waals surface area contributed by atoms with Crippen LogP contribution in [0, 0.1) is 0 Å². The van der Waals surface area contributed by atoms with Gasteiger partial charge in [0.2, 0.25) is 5.91 Å². The van der Waals surface area contributed by atoms with E-state index in [-0.39, 0.29) is 11.9 Å². The quantitative estimate of drug-likeness (QED) is 0.736. The lowest BCUT2D eigenvalue weighted by molar-refractivity contribution is -0.119. The fraction of sp³-hybridized carbons (Fsp3) is 0.273. The number of amides is 1. The van der Waals surface area contributed by atoms with E-state index in [9.17, 15) is 4.79 Å². The second-order valence-corrected chi connectivity index (χ2v) is 3.06. The van der Waals surface area contributed by atoms with Crippen LogP contribution in [0.2, 0.25) is 0 Å². The first-order valence-corrected chi connectivity index (χ1v) is 4.52. The van der Waals surface area contributed by atoms with Gasteiger partial charge in [-0.25, -0.2) is 0 Å². The first-order valence-electron chi connectivity index (χ1n) is 4.52. The molecule has 0 aliphatic rings. The van der Waals surface area contributed by atoms with Crippen molar-refractivity contribution in [2.75, 3.05) is 0 Å². The number of rotatable bonds is 4. The van der Waals surface area contributed by atoms with Gasteiger partial charge < -0.3 is 5.32 Å². The van der Waals surface area contributed by atoms with Crippen molar-refractivity contribution in [2.45, 2.75) is 19.4 Å². The maximum Gasteiger partial charge on any atom is 0.217 e. The lowest BCUT2D eigenvalue weighted by Crippen LogP contribution is -2.25. The molecule has 0 saturated heterocycles. The molecule has 1 rings (SSSR count). The van der Waals surface area contributed by atoms with Gasteiger partial charge in [0.15, 0.2) is 0 Å². The predicted octanol–water partition coefficient (Wildman–Crippen LogP) is 1.83. The van der Waals surface area contributed by atoms with Crippen LogP contribution in [0.25, 0.3) is 0 Å². The number of carbonyl (C=O) groups excluding carboxylic acids is 1. The summed E-state index contributed by atoms with van der Waals surface area (Å²) >= 11 is 0. The summed E-state index contributed by atoms with van der Waals surface area (Å²) in [6.45, 7) is 5.18. The Kier molecular flexibility index (Phi) is 3.85. The maximum absolute atomic E-state index is 10.9. The van der Waals surface area contributed by atoms with Gasteiger partial charge in [-0.3, -0.25) is 9.78 Å². The van der Waals surface area contributed by atoms with E-state index in [4.69, 9.17) is 0 Å². The molecule has 0 aromatic carbocycles. The second-order valence-electron chi connectivity index (χ2n) is 3.06. The Morgan fingerprint density at radius 1 is 1.64 bits per heavy atom. The molecule has 1 unspecified atom stereocenters. The van der Waals surface area contributed by atoms with Gasteiger partial charge in [0, 0.05) is 19.3 Å². The number of carbonyl (C=O) groups is 1. The number of nitrogens with zero attached hydrogens (tertiary/aromatic N) is 1. The van der Waals surface area contributed by atoms with Gasteiger partial charge in [-0.15, -0.1) is 6.58 Å². The van der Waals surface area contributed by atoms with Gasteiger partial charge in [-0.05, 0) is 24.1 Å². The van der Waals surface area contributed by atoms with Crippen LogP contribution in [0.1, 0.15) is 24.9 Å². The van der Waals surface area contributed by atoms with Crippen LogP contribution in [0.3, 0.4) is 0 Å². The smallest absolute Gasteiger partial charge is 0.217 e. The number of pyridine rings is 1. The molecule has 0 bridgehead atoms. The predicted molar refractivity (Wildman–Crippen MR) is 55.6 cm³/mol. The SMILES string of the molecule is C=CCC(NC(C)=O)c1ccncc1. The Morgan fingerprint density at radius 2 is 2.29 bits per heavy atom. The standard InChI is InChI=1S/C11H14N2O/c1-3-4-11(13-9(2)14)10-5-7-12-8-6-10/h3,5-8,11H,1,4H2,2H3,(H,13,14). The van der Waals surface area contributed by atoms with E-state index < -0.39 is 0 Å². The van der Waals surface area contributed by atoms with Crippen molar-refractivity contribution in [3.8, 4) is 0 Å². The van der Waals surface area contributed by atoms with Crippen molar-refractivity contribution in [1.29, 1.82) is 0 Å². The van der Waals surface area contributed by atoms with Crippen LogP contribution in [-0.4, -0.2) is 10.9 Å². The lowest BCUT2D eigenvalue weighted by atomic mass is 10.1.